The van der Waals surface area contributed by atoms with E-state index in [1.807, 2.05) is 30.3 Å². The van der Waals surface area contributed by atoms with Gasteiger partial charge in [0.1, 0.15) is 0 Å². The normalized spacial score (nSPS) is 19.2. The van der Waals surface area contributed by atoms with Gasteiger partial charge in [-0.15, -0.1) is 0 Å². The molecule has 8 heteroatoms. The van der Waals surface area contributed by atoms with E-state index in [1.54, 1.807) is 6.92 Å². The second-order valence-electron chi connectivity index (χ2n) is 6.57. The number of nitrogens with one attached hydrogen (secondary N) is 1. The zero-order chi connectivity index (χ0) is 17.7. The summed E-state index contributed by atoms with van der Waals surface area (Å²) in [6.07, 6.45) is 2.06. The Morgan fingerprint density at radius 3 is 2.84 bits per heavy atom. The number of rotatable bonds is 7. The molecule has 1 aromatic carbocycles. The van der Waals surface area contributed by atoms with Crippen molar-refractivity contribution in [2.24, 2.45) is 5.92 Å². The summed E-state index contributed by atoms with van der Waals surface area (Å²) >= 11 is 0. The summed E-state index contributed by atoms with van der Waals surface area (Å²) in [5.41, 5.74) is 0.798. The van der Waals surface area contributed by atoms with Gasteiger partial charge in [0, 0.05) is 13.1 Å². The zero-order valence-corrected chi connectivity index (χ0v) is 15.2. The van der Waals surface area contributed by atoms with E-state index in [0.717, 1.165) is 31.5 Å². The van der Waals surface area contributed by atoms with E-state index in [2.05, 4.69) is 19.8 Å². The molecule has 0 amide bonds. The van der Waals surface area contributed by atoms with Crippen LogP contribution in [0.15, 0.2) is 34.9 Å². The second-order valence-corrected chi connectivity index (χ2v) is 8.38. The van der Waals surface area contributed by atoms with Gasteiger partial charge in [-0.05, 0) is 37.8 Å². The summed E-state index contributed by atoms with van der Waals surface area (Å²) in [6, 6.07) is 9.24. The number of nitrogens with zero attached hydrogens (tertiary/aromatic N) is 3. The first kappa shape index (κ1) is 18.0. The van der Waals surface area contributed by atoms with Gasteiger partial charge in [-0.2, -0.15) is 4.98 Å². The third-order valence-corrected chi connectivity index (χ3v) is 5.64. The molecule has 1 aromatic heterocycles. The van der Waals surface area contributed by atoms with Crippen LogP contribution in [0.25, 0.3) is 0 Å². The van der Waals surface area contributed by atoms with E-state index in [0.29, 0.717) is 30.7 Å². The molecule has 1 N–H and O–H groups in total. The lowest BCUT2D eigenvalue weighted by atomic mass is 9.98. The van der Waals surface area contributed by atoms with E-state index in [-0.39, 0.29) is 5.75 Å². The Balaban J connectivity index is 1.49. The van der Waals surface area contributed by atoms with Crippen molar-refractivity contribution in [3.05, 3.63) is 47.6 Å². The van der Waals surface area contributed by atoms with Gasteiger partial charge in [0.05, 0.1) is 12.3 Å². The topological polar surface area (TPSA) is 88.3 Å². The van der Waals surface area contributed by atoms with Crippen molar-refractivity contribution in [1.82, 2.24) is 19.8 Å². The number of benzene rings is 1. The zero-order valence-electron chi connectivity index (χ0n) is 14.4. The molecule has 3 rings (SSSR count). The highest BCUT2D eigenvalue weighted by atomic mass is 32.2. The SMILES string of the molecule is Cc1noc(CN2CCC[C@@H](CNS(=O)(=O)Cc3ccccc3)C2)n1. The Bertz CT molecular complexity index is 776. The minimum atomic E-state index is -3.32. The van der Waals surface area contributed by atoms with Crippen LogP contribution < -0.4 is 4.72 Å². The molecule has 0 aliphatic carbocycles. The lowest BCUT2D eigenvalue weighted by molar-refractivity contribution is 0.151. The predicted molar refractivity (Wildman–Crippen MR) is 94.1 cm³/mol. The van der Waals surface area contributed by atoms with Crippen LogP contribution in [0, 0.1) is 12.8 Å². The Labute approximate surface area is 148 Å². The molecule has 2 aromatic rings. The Kier molecular flexibility index (Phi) is 5.82. The molecule has 1 atom stereocenters. The molecule has 136 valence electrons. The first-order chi connectivity index (χ1) is 12.0. The number of hydrogen-bond acceptors (Lipinski definition) is 6. The lowest BCUT2D eigenvalue weighted by Crippen LogP contribution is -2.40. The molecule has 0 radical (unpaired) electrons. The van der Waals surface area contributed by atoms with Gasteiger partial charge in [0.2, 0.25) is 15.9 Å². The Hall–Kier alpha value is -1.77. The molecule has 0 spiro atoms. The standard InChI is InChI=1S/C17H24N4O3S/c1-14-19-17(24-20-14)12-21-9-5-8-16(11-21)10-18-25(22,23)13-15-6-3-2-4-7-15/h2-4,6-7,16,18H,5,8-13H2,1H3/t16-/m0/s1. The quantitative estimate of drug-likeness (QED) is 0.805. The summed E-state index contributed by atoms with van der Waals surface area (Å²) in [7, 11) is -3.32. The van der Waals surface area contributed by atoms with Gasteiger partial charge in [-0.25, -0.2) is 13.1 Å². The summed E-state index contributed by atoms with van der Waals surface area (Å²) in [6.45, 7) is 4.68. The number of sulfonamides is 1. The molecular formula is C17H24N4O3S. The fourth-order valence-electron chi connectivity index (χ4n) is 3.15. The monoisotopic (exact) mass is 364 g/mol. The Morgan fingerprint density at radius 2 is 2.12 bits per heavy atom. The highest BCUT2D eigenvalue weighted by Gasteiger charge is 2.23. The van der Waals surface area contributed by atoms with E-state index in [9.17, 15) is 8.42 Å². The lowest BCUT2D eigenvalue weighted by Gasteiger charge is -2.31. The minimum absolute atomic E-state index is 0.0194. The number of aromatic nitrogens is 2. The molecule has 7 nitrogen and oxygen atoms in total. The van der Waals surface area contributed by atoms with Crippen molar-refractivity contribution in [3.8, 4) is 0 Å². The van der Waals surface area contributed by atoms with Gasteiger partial charge < -0.3 is 4.52 Å². The van der Waals surface area contributed by atoms with Gasteiger partial charge in [0.15, 0.2) is 5.82 Å². The highest BCUT2D eigenvalue weighted by molar-refractivity contribution is 7.88. The summed E-state index contributed by atoms with van der Waals surface area (Å²) in [5.74, 6) is 1.56. The smallest absolute Gasteiger partial charge is 0.240 e. The van der Waals surface area contributed by atoms with E-state index in [1.165, 1.54) is 0 Å². The number of likely N-dealkylation sites (tertiary alicyclic amines) is 1. The van der Waals surface area contributed by atoms with Crippen molar-refractivity contribution in [1.29, 1.82) is 0 Å². The maximum Gasteiger partial charge on any atom is 0.240 e. The molecule has 1 saturated heterocycles. The molecule has 1 aliphatic rings. The Morgan fingerprint density at radius 1 is 1.32 bits per heavy atom. The molecule has 25 heavy (non-hydrogen) atoms. The van der Waals surface area contributed by atoms with Crippen LogP contribution in [0.5, 0.6) is 0 Å². The van der Waals surface area contributed by atoms with Crippen molar-refractivity contribution in [2.45, 2.75) is 32.1 Å². The van der Waals surface area contributed by atoms with Gasteiger partial charge in [-0.3, -0.25) is 4.90 Å². The molecule has 1 fully saturated rings. The van der Waals surface area contributed by atoms with Crippen molar-refractivity contribution in [3.63, 3.8) is 0 Å². The van der Waals surface area contributed by atoms with Crippen LogP contribution in [0.3, 0.4) is 0 Å². The maximum absolute atomic E-state index is 12.3. The molecule has 1 aliphatic heterocycles. The van der Waals surface area contributed by atoms with Crippen LogP contribution in [0.1, 0.15) is 30.1 Å². The highest BCUT2D eigenvalue weighted by Crippen LogP contribution is 2.18. The molecule has 0 bridgehead atoms. The average molecular weight is 364 g/mol. The molecule has 0 saturated carbocycles. The van der Waals surface area contributed by atoms with Crippen LogP contribution in [0.4, 0.5) is 0 Å². The average Bonchev–Trinajstić information content (AvgIpc) is 2.99. The fraction of sp³-hybridized carbons (Fsp3) is 0.529. The first-order valence-electron chi connectivity index (χ1n) is 8.53. The largest absolute Gasteiger partial charge is 0.338 e. The van der Waals surface area contributed by atoms with E-state index >= 15 is 0 Å². The number of hydrogen-bond donors (Lipinski definition) is 1. The van der Waals surface area contributed by atoms with Crippen molar-refractivity contribution < 1.29 is 12.9 Å². The fourth-order valence-corrected chi connectivity index (χ4v) is 4.37. The number of piperidine rings is 1. The van der Waals surface area contributed by atoms with E-state index < -0.39 is 10.0 Å². The maximum atomic E-state index is 12.3. The second kappa shape index (κ2) is 8.07. The van der Waals surface area contributed by atoms with Gasteiger partial charge >= 0.3 is 0 Å². The van der Waals surface area contributed by atoms with Crippen LogP contribution in [-0.4, -0.2) is 43.1 Å². The third kappa shape index (κ3) is 5.62. The van der Waals surface area contributed by atoms with Crippen LogP contribution in [0.2, 0.25) is 0 Å². The molecular weight excluding hydrogens is 340 g/mol. The van der Waals surface area contributed by atoms with Gasteiger partial charge in [0.25, 0.3) is 0 Å². The first-order valence-corrected chi connectivity index (χ1v) is 10.2. The number of aryl methyl sites for hydroxylation is 1. The predicted octanol–water partition coefficient (Wildman–Crippen LogP) is 1.71. The summed E-state index contributed by atoms with van der Waals surface area (Å²) < 4.78 is 32.4. The summed E-state index contributed by atoms with van der Waals surface area (Å²) in [4.78, 5) is 6.47. The van der Waals surface area contributed by atoms with E-state index in [4.69, 9.17) is 4.52 Å². The summed E-state index contributed by atoms with van der Waals surface area (Å²) in [5, 5.41) is 3.81. The molecule has 0 unspecified atom stereocenters. The van der Waals surface area contributed by atoms with Crippen LogP contribution >= 0.6 is 0 Å². The molecule has 2 heterocycles. The third-order valence-electron chi connectivity index (χ3n) is 4.32. The van der Waals surface area contributed by atoms with Crippen LogP contribution in [-0.2, 0) is 22.3 Å². The van der Waals surface area contributed by atoms with Crippen molar-refractivity contribution in [2.75, 3.05) is 19.6 Å². The van der Waals surface area contributed by atoms with Gasteiger partial charge in [-0.1, -0.05) is 35.5 Å². The minimum Gasteiger partial charge on any atom is -0.338 e. The van der Waals surface area contributed by atoms with Crippen molar-refractivity contribution >= 4 is 10.0 Å².